The van der Waals surface area contributed by atoms with Crippen LogP contribution in [0, 0.1) is 13.8 Å². The van der Waals surface area contributed by atoms with Gasteiger partial charge in [0.25, 0.3) is 5.91 Å². The summed E-state index contributed by atoms with van der Waals surface area (Å²) in [6.07, 6.45) is -2.79. The second kappa shape index (κ2) is 7.58. The predicted molar refractivity (Wildman–Crippen MR) is 97.9 cm³/mol. The fourth-order valence-electron chi connectivity index (χ4n) is 3.15. The van der Waals surface area contributed by atoms with Gasteiger partial charge in [-0.3, -0.25) is 4.79 Å². The zero-order chi connectivity index (χ0) is 19.6. The molecule has 1 fully saturated rings. The summed E-state index contributed by atoms with van der Waals surface area (Å²) in [4.78, 5) is 20.5. The molecule has 1 amide bonds. The standard InChI is InChI=1S/C20H22F3N3O/c1-14-4-5-16(12-15(14)2)19(27)26-9-3-8-25(10-11-26)18-7-6-17(13-24-18)20(21,22)23/h4-7,12-13H,3,8-11H2,1-2H3. The Bertz CT molecular complexity index is 818. The van der Waals surface area contributed by atoms with Crippen molar-refractivity contribution in [1.82, 2.24) is 9.88 Å². The van der Waals surface area contributed by atoms with E-state index >= 15 is 0 Å². The van der Waals surface area contributed by atoms with Crippen LogP contribution < -0.4 is 4.90 Å². The lowest BCUT2D eigenvalue weighted by atomic mass is 10.1. The van der Waals surface area contributed by atoms with E-state index in [4.69, 9.17) is 0 Å². The molecule has 0 spiro atoms. The molecule has 1 aromatic heterocycles. The first-order valence-corrected chi connectivity index (χ1v) is 8.90. The maximum Gasteiger partial charge on any atom is 0.417 e. The maximum atomic E-state index is 12.8. The number of anilines is 1. The number of amides is 1. The second-order valence-electron chi connectivity index (χ2n) is 6.83. The van der Waals surface area contributed by atoms with Crippen LogP contribution in [0.25, 0.3) is 0 Å². The molecule has 7 heteroatoms. The lowest BCUT2D eigenvalue weighted by Crippen LogP contribution is -2.35. The second-order valence-corrected chi connectivity index (χ2v) is 6.83. The zero-order valence-electron chi connectivity index (χ0n) is 15.4. The molecule has 1 saturated heterocycles. The molecule has 1 aliphatic rings. The van der Waals surface area contributed by atoms with Gasteiger partial charge in [0.15, 0.2) is 0 Å². The molecule has 2 heterocycles. The molecule has 2 aromatic rings. The summed E-state index contributed by atoms with van der Waals surface area (Å²) in [5, 5.41) is 0. The first-order valence-electron chi connectivity index (χ1n) is 8.90. The van der Waals surface area contributed by atoms with Gasteiger partial charge in [0.05, 0.1) is 5.56 Å². The number of carbonyl (C=O) groups excluding carboxylic acids is 1. The fraction of sp³-hybridized carbons (Fsp3) is 0.400. The van der Waals surface area contributed by atoms with Gasteiger partial charge in [-0.2, -0.15) is 13.2 Å². The van der Waals surface area contributed by atoms with Gasteiger partial charge in [0.1, 0.15) is 5.82 Å². The highest BCUT2D eigenvalue weighted by Crippen LogP contribution is 2.29. The van der Waals surface area contributed by atoms with Crippen LogP contribution in [-0.4, -0.2) is 42.0 Å². The summed E-state index contributed by atoms with van der Waals surface area (Å²) >= 11 is 0. The Kier molecular flexibility index (Phi) is 5.39. The van der Waals surface area contributed by atoms with Crippen molar-refractivity contribution >= 4 is 11.7 Å². The normalized spacial score (nSPS) is 15.6. The van der Waals surface area contributed by atoms with Crippen LogP contribution in [0.3, 0.4) is 0 Å². The van der Waals surface area contributed by atoms with Crippen LogP contribution in [0.5, 0.6) is 0 Å². The summed E-state index contributed by atoms with van der Waals surface area (Å²) in [5.74, 6) is 0.490. The fourth-order valence-corrected chi connectivity index (χ4v) is 3.15. The van der Waals surface area contributed by atoms with Gasteiger partial charge >= 0.3 is 6.18 Å². The first-order chi connectivity index (χ1) is 12.8. The number of pyridine rings is 1. The summed E-state index contributed by atoms with van der Waals surface area (Å²) in [7, 11) is 0. The molecule has 4 nitrogen and oxygen atoms in total. The number of hydrogen-bond acceptors (Lipinski definition) is 3. The van der Waals surface area contributed by atoms with Gasteiger partial charge in [0.2, 0.25) is 0 Å². The molecule has 1 aliphatic heterocycles. The summed E-state index contributed by atoms with van der Waals surface area (Å²) in [5.41, 5.74) is 2.13. The van der Waals surface area contributed by atoms with E-state index in [0.717, 1.165) is 29.8 Å². The first kappa shape index (κ1) is 19.2. The molecule has 0 saturated carbocycles. The third-order valence-electron chi connectivity index (χ3n) is 4.94. The van der Waals surface area contributed by atoms with Crippen molar-refractivity contribution < 1.29 is 18.0 Å². The van der Waals surface area contributed by atoms with E-state index in [-0.39, 0.29) is 5.91 Å². The van der Waals surface area contributed by atoms with Crippen molar-refractivity contribution in [2.45, 2.75) is 26.4 Å². The van der Waals surface area contributed by atoms with Crippen molar-refractivity contribution in [3.8, 4) is 0 Å². The summed E-state index contributed by atoms with van der Waals surface area (Å²) < 4.78 is 38.1. The van der Waals surface area contributed by atoms with E-state index < -0.39 is 11.7 Å². The smallest absolute Gasteiger partial charge is 0.355 e. The molecule has 0 N–H and O–H groups in total. The Morgan fingerprint density at radius 2 is 1.78 bits per heavy atom. The quantitative estimate of drug-likeness (QED) is 0.792. The van der Waals surface area contributed by atoms with Crippen LogP contribution in [-0.2, 0) is 6.18 Å². The molecule has 0 bridgehead atoms. The van der Waals surface area contributed by atoms with Crippen LogP contribution >= 0.6 is 0 Å². The minimum atomic E-state index is -4.39. The molecule has 27 heavy (non-hydrogen) atoms. The Hall–Kier alpha value is -2.57. The van der Waals surface area contributed by atoms with Crippen molar-refractivity contribution in [2.24, 2.45) is 0 Å². The van der Waals surface area contributed by atoms with Crippen LogP contribution in [0.15, 0.2) is 36.5 Å². The third-order valence-corrected chi connectivity index (χ3v) is 4.94. The maximum absolute atomic E-state index is 12.8. The molecule has 3 rings (SSSR count). The van der Waals surface area contributed by atoms with Gasteiger partial charge in [-0.05, 0) is 55.7 Å². The summed E-state index contributed by atoms with van der Waals surface area (Å²) in [6, 6.07) is 8.12. The number of rotatable bonds is 2. The average Bonchev–Trinajstić information content (AvgIpc) is 2.89. The zero-order valence-corrected chi connectivity index (χ0v) is 15.4. The molecule has 0 radical (unpaired) electrons. The summed E-state index contributed by atoms with van der Waals surface area (Å²) in [6.45, 7) is 6.29. The van der Waals surface area contributed by atoms with Crippen molar-refractivity contribution in [2.75, 3.05) is 31.1 Å². The average molecular weight is 377 g/mol. The number of halogens is 3. The van der Waals surface area contributed by atoms with Crippen molar-refractivity contribution in [3.05, 3.63) is 58.8 Å². The Morgan fingerprint density at radius 1 is 1.00 bits per heavy atom. The van der Waals surface area contributed by atoms with Gasteiger partial charge < -0.3 is 9.80 Å². The van der Waals surface area contributed by atoms with Gasteiger partial charge in [-0.15, -0.1) is 0 Å². The van der Waals surface area contributed by atoms with E-state index in [1.807, 2.05) is 36.9 Å². The van der Waals surface area contributed by atoms with E-state index in [1.165, 1.54) is 6.07 Å². The van der Waals surface area contributed by atoms with Crippen molar-refractivity contribution in [1.29, 1.82) is 0 Å². The predicted octanol–water partition coefficient (Wildman–Crippen LogP) is 4.07. The molecule has 0 atom stereocenters. The lowest BCUT2D eigenvalue weighted by Gasteiger charge is -2.23. The Labute approximate surface area is 156 Å². The number of carbonyl (C=O) groups is 1. The van der Waals surface area contributed by atoms with E-state index in [1.54, 1.807) is 4.90 Å². The van der Waals surface area contributed by atoms with Crippen LogP contribution in [0.4, 0.5) is 19.0 Å². The molecule has 1 aromatic carbocycles. The highest BCUT2D eigenvalue weighted by molar-refractivity contribution is 5.94. The van der Waals surface area contributed by atoms with Gasteiger partial charge in [-0.25, -0.2) is 4.98 Å². The molecule has 0 unspecified atom stereocenters. The largest absolute Gasteiger partial charge is 0.417 e. The lowest BCUT2D eigenvalue weighted by molar-refractivity contribution is -0.137. The van der Waals surface area contributed by atoms with Gasteiger partial charge in [-0.1, -0.05) is 6.07 Å². The number of hydrogen-bond donors (Lipinski definition) is 0. The molecular formula is C20H22F3N3O. The molecular weight excluding hydrogens is 355 g/mol. The highest BCUT2D eigenvalue weighted by atomic mass is 19.4. The van der Waals surface area contributed by atoms with Gasteiger partial charge in [0, 0.05) is 37.9 Å². The van der Waals surface area contributed by atoms with Crippen LogP contribution in [0.1, 0.15) is 33.5 Å². The number of benzene rings is 1. The topological polar surface area (TPSA) is 36.4 Å². The minimum absolute atomic E-state index is 0.0136. The van der Waals surface area contributed by atoms with E-state index in [2.05, 4.69) is 4.98 Å². The third kappa shape index (κ3) is 4.40. The molecule has 0 aliphatic carbocycles. The number of nitrogens with zero attached hydrogens (tertiary/aromatic N) is 3. The highest BCUT2D eigenvalue weighted by Gasteiger charge is 2.31. The van der Waals surface area contributed by atoms with Crippen molar-refractivity contribution in [3.63, 3.8) is 0 Å². The number of alkyl halides is 3. The number of aryl methyl sites for hydroxylation is 2. The Balaban J connectivity index is 1.68. The van der Waals surface area contributed by atoms with E-state index in [9.17, 15) is 18.0 Å². The minimum Gasteiger partial charge on any atom is -0.355 e. The SMILES string of the molecule is Cc1ccc(C(=O)N2CCCN(c3ccc(C(F)(F)F)cn3)CC2)cc1C. The number of aromatic nitrogens is 1. The Morgan fingerprint density at radius 3 is 2.41 bits per heavy atom. The monoisotopic (exact) mass is 377 g/mol. The molecule has 144 valence electrons. The van der Waals surface area contributed by atoms with Crippen LogP contribution in [0.2, 0.25) is 0 Å². The van der Waals surface area contributed by atoms with E-state index in [0.29, 0.717) is 37.6 Å².